The molecule has 3 rings (SSSR count). The van der Waals surface area contributed by atoms with Gasteiger partial charge in [0.2, 0.25) is 5.91 Å². The van der Waals surface area contributed by atoms with E-state index in [-0.39, 0.29) is 18.4 Å². The lowest BCUT2D eigenvalue weighted by Gasteiger charge is -2.32. The Morgan fingerprint density at radius 2 is 1.88 bits per heavy atom. The van der Waals surface area contributed by atoms with Crippen molar-refractivity contribution >= 4 is 23.6 Å². The van der Waals surface area contributed by atoms with Crippen LogP contribution >= 0.6 is 0 Å². The zero-order valence-electron chi connectivity index (χ0n) is 20.3. The van der Waals surface area contributed by atoms with Crippen molar-refractivity contribution in [1.82, 2.24) is 5.32 Å². The summed E-state index contributed by atoms with van der Waals surface area (Å²) in [5, 5.41) is 12.2. The van der Waals surface area contributed by atoms with Gasteiger partial charge in [0, 0.05) is 30.4 Å². The van der Waals surface area contributed by atoms with Gasteiger partial charge in [0.1, 0.15) is 5.75 Å². The molecule has 1 atom stereocenters. The molecule has 0 saturated carbocycles. The lowest BCUT2D eigenvalue weighted by molar-refractivity contribution is -0.131. The van der Waals surface area contributed by atoms with Crippen LogP contribution in [0.2, 0.25) is 0 Å². The topological polar surface area (TPSA) is 78.9 Å². The molecule has 1 amide bonds. The first-order valence-electron chi connectivity index (χ1n) is 12.3. The predicted octanol–water partition coefficient (Wildman–Crippen LogP) is 5.37. The van der Waals surface area contributed by atoms with Gasteiger partial charge in [-0.05, 0) is 61.9 Å². The number of carbonyl (C=O) groups is 2. The Kier molecular flexibility index (Phi) is 9.56. The molecule has 1 aliphatic rings. The lowest BCUT2D eigenvalue weighted by Crippen LogP contribution is -2.34. The second-order valence-corrected chi connectivity index (χ2v) is 8.67. The molecule has 1 unspecified atom stereocenters. The number of carbonyl (C=O) groups excluding carboxylic acids is 1. The minimum absolute atomic E-state index is 0.0387. The zero-order chi connectivity index (χ0) is 24.3. The van der Waals surface area contributed by atoms with Crippen molar-refractivity contribution in [1.29, 1.82) is 0 Å². The predicted molar refractivity (Wildman–Crippen MR) is 136 cm³/mol. The number of aliphatic carboxylic acids is 1. The van der Waals surface area contributed by atoms with E-state index in [4.69, 9.17) is 9.84 Å². The van der Waals surface area contributed by atoms with Crippen LogP contribution in [0, 0.1) is 0 Å². The molecule has 2 aromatic carbocycles. The molecule has 1 aliphatic heterocycles. The number of para-hydroxylation sites is 1. The van der Waals surface area contributed by atoms with Crippen molar-refractivity contribution < 1.29 is 19.4 Å². The Hall–Kier alpha value is -3.28. The minimum Gasteiger partial charge on any atom is -0.493 e. The van der Waals surface area contributed by atoms with Gasteiger partial charge in [-0.1, -0.05) is 43.7 Å². The summed E-state index contributed by atoms with van der Waals surface area (Å²) >= 11 is 0. The largest absolute Gasteiger partial charge is 0.493 e. The van der Waals surface area contributed by atoms with E-state index in [1.54, 1.807) is 6.07 Å². The maximum Gasteiger partial charge on any atom is 0.328 e. The van der Waals surface area contributed by atoms with Gasteiger partial charge in [-0.2, -0.15) is 0 Å². The van der Waals surface area contributed by atoms with E-state index in [1.807, 2.05) is 19.1 Å². The quantitative estimate of drug-likeness (QED) is 0.437. The van der Waals surface area contributed by atoms with Gasteiger partial charge < -0.3 is 20.1 Å². The molecular formula is C28H36N2O4. The first kappa shape index (κ1) is 25.3. The number of carboxylic acid groups (broad SMARTS) is 1. The summed E-state index contributed by atoms with van der Waals surface area (Å²) in [5.74, 6) is -0.480. The first-order valence-corrected chi connectivity index (χ1v) is 12.3. The van der Waals surface area contributed by atoms with Gasteiger partial charge in [0.15, 0.2) is 0 Å². The molecule has 0 aliphatic carbocycles. The van der Waals surface area contributed by atoms with Gasteiger partial charge in [-0.25, -0.2) is 4.79 Å². The molecule has 34 heavy (non-hydrogen) atoms. The lowest BCUT2D eigenvalue weighted by atomic mass is 9.97. The highest BCUT2D eigenvalue weighted by atomic mass is 16.5. The average molecular weight is 465 g/mol. The van der Waals surface area contributed by atoms with Crippen LogP contribution < -0.4 is 15.0 Å². The third-order valence-corrected chi connectivity index (χ3v) is 6.07. The van der Waals surface area contributed by atoms with Crippen LogP contribution in [0.5, 0.6) is 5.75 Å². The Bertz CT molecular complexity index is 996. The molecule has 0 spiro atoms. The summed E-state index contributed by atoms with van der Waals surface area (Å²) < 4.78 is 5.68. The number of carboxylic acids is 1. The van der Waals surface area contributed by atoms with Crippen LogP contribution in [0.4, 0.5) is 5.69 Å². The molecule has 182 valence electrons. The summed E-state index contributed by atoms with van der Waals surface area (Å²) in [5.41, 5.74) is 3.92. The van der Waals surface area contributed by atoms with Crippen LogP contribution in [0.3, 0.4) is 0 Å². The zero-order valence-corrected chi connectivity index (χ0v) is 20.3. The standard InChI is InChI=1S/C28H36N2O4/c1-3-10-24(23-11-6-7-12-25(23)30-17-8-5-9-18-30)29-27(31)20-21-13-14-22(15-16-28(32)33)26(19-21)34-4-2/h6-7,11-16,19,24H,3-5,8-10,17-18,20H2,1-2H3,(H,29,31)(H,32,33)/b16-15+. The Morgan fingerprint density at radius 3 is 2.59 bits per heavy atom. The maximum atomic E-state index is 13.1. The van der Waals surface area contributed by atoms with E-state index < -0.39 is 5.97 Å². The Morgan fingerprint density at radius 1 is 1.12 bits per heavy atom. The van der Waals surface area contributed by atoms with Crippen LogP contribution in [-0.2, 0) is 16.0 Å². The van der Waals surface area contributed by atoms with E-state index in [9.17, 15) is 9.59 Å². The van der Waals surface area contributed by atoms with Crippen molar-refractivity contribution in [3.05, 3.63) is 65.2 Å². The van der Waals surface area contributed by atoms with E-state index >= 15 is 0 Å². The number of amides is 1. The fourth-order valence-electron chi connectivity index (χ4n) is 4.50. The molecular weight excluding hydrogens is 428 g/mol. The minimum atomic E-state index is -1.02. The second kappa shape index (κ2) is 12.8. The van der Waals surface area contributed by atoms with E-state index in [1.165, 1.54) is 36.6 Å². The summed E-state index contributed by atoms with van der Waals surface area (Å²) in [6, 6.07) is 13.9. The molecule has 6 nitrogen and oxygen atoms in total. The van der Waals surface area contributed by atoms with Crippen molar-refractivity contribution in [3.63, 3.8) is 0 Å². The van der Waals surface area contributed by atoms with Crippen LogP contribution in [0.25, 0.3) is 6.08 Å². The number of ether oxygens (including phenoxy) is 1. The number of piperidine rings is 1. The van der Waals surface area contributed by atoms with Gasteiger partial charge in [-0.3, -0.25) is 4.79 Å². The molecule has 1 fully saturated rings. The summed E-state index contributed by atoms with van der Waals surface area (Å²) in [6.07, 6.45) is 8.36. The summed E-state index contributed by atoms with van der Waals surface area (Å²) in [7, 11) is 0. The number of hydrogen-bond donors (Lipinski definition) is 2. The molecule has 1 saturated heterocycles. The molecule has 2 aromatic rings. The fourth-order valence-corrected chi connectivity index (χ4v) is 4.50. The van der Waals surface area contributed by atoms with Crippen molar-refractivity contribution in [2.45, 2.75) is 58.4 Å². The molecule has 1 heterocycles. The molecule has 0 radical (unpaired) electrons. The number of benzene rings is 2. The first-order chi connectivity index (χ1) is 16.5. The molecule has 6 heteroatoms. The number of anilines is 1. The van der Waals surface area contributed by atoms with E-state index in [2.05, 4.69) is 41.4 Å². The Labute approximate surface area is 202 Å². The molecule has 0 bridgehead atoms. The van der Waals surface area contributed by atoms with Crippen LogP contribution in [-0.4, -0.2) is 36.7 Å². The number of hydrogen-bond acceptors (Lipinski definition) is 4. The highest BCUT2D eigenvalue weighted by Gasteiger charge is 2.21. The molecule has 0 aromatic heterocycles. The summed E-state index contributed by atoms with van der Waals surface area (Å²) in [6.45, 7) is 6.59. The van der Waals surface area contributed by atoms with Crippen LogP contribution in [0.1, 0.15) is 68.7 Å². The maximum absolute atomic E-state index is 13.1. The van der Waals surface area contributed by atoms with Gasteiger partial charge in [0.05, 0.1) is 19.1 Å². The third kappa shape index (κ3) is 7.11. The average Bonchev–Trinajstić information content (AvgIpc) is 2.84. The second-order valence-electron chi connectivity index (χ2n) is 8.67. The van der Waals surface area contributed by atoms with Crippen molar-refractivity contribution in [2.75, 3.05) is 24.6 Å². The van der Waals surface area contributed by atoms with E-state index in [0.29, 0.717) is 17.9 Å². The van der Waals surface area contributed by atoms with E-state index in [0.717, 1.165) is 37.6 Å². The third-order valence-electron chi connectivity index (χ3n) is 6.07. The number of rotatable bonds is 11. The number of nitrogens with zero attached hydrogens (tertiary/aromatic N) is 1. The molecule has 2 N–H and O–H groups in total. The highest BCUT2D eigenvalue weighted by Crippen LogP contribution is 2.31. The van der Waals surface area contributed by atoms with Crippen molar-refractivity contribution in [2.24, 2.45) is 0 Å². The SMILES string of the molecule is CCCC(NC(=O)Cc1ccc(/C=C/C(=O)O)c(OCC)c1)c1ccccc1N1CCCCC1. The normalized spacial score (nSPS) is 14.7. The van der Waals surface area contributed by atoms with Gasteiger partial charge in [-0.15, -0.1) is 0 Å². The smallest absolute Gasteiger partial charge is 0.328 e. The van der Waals surface area contributed by atoms with Gasteiger partial charge >= 0.3 is 5.97 Å². The van der Waals surface area contributed by atoms with Gasteiger partial charge in [0.25, 0.3) is 0 Å². The highest BCUT2D eigenvalue weighted by molar-refractivity contribution is 5.86. The fraction of sp³-hybridized carbons (Fsp3) is 0.429. The van der Waals surface area contributed by atoms with Crippen molar-refractivity contribution in [3.8, 4) is 5.75 Å². The van der Waals surface area contributed by atoms with Crippen LogP contribution in [0.15, 0.2) is 48.5 Å². The monoisotopic (exact) mass is 464 g/mol. The Balaban J connectivity index is 1.76. The number of nitrogens with one attached hydrogen (secondary N) is 1. The summed E-state index contributed by atoms with van der Waals surface area (Å²) in [4.78, 5) is 26.4.